The number of para-hydroxylation sites is 2. The Balaban J connectivity index is 1.62. The van der Waals surface area contributed by atoms with Crippen LogP contribution in [0.15, 0.2) is 71.9 Å². The number of ketones is 1. The highest BCUT2D eigenvalue weighted by atomic mass is 16.5. The van der Waals surface area contributed by atoms with Gasteiger partial charge in [-0.1, -0.05) is 18.2 Å². The van der Waals surface area contributed by atoms with Gasteiger partial charge in [-0.25, -0.2) is 0 Å². The van der Waals surface area contributed by atoms with E-state index in [1.165, 1.54) is 0 Å². The SMILES string of the molecule is COc1ccc(OC)c([C@@H]2Nc3ccccc3NC3=C2C(=O)C[C@@H](c2ccc(OC)c(OC)c2)C3)c1. The standard InChI is InChI=1S/C29H30N2O5/c1-33-19-10-12-25(34-2)20(16-19)29-28-23(30-21-7-5-6-8-22(21)31-29)13-18(14-24(28)32)17-9-11-26(35-3)27(15-17)36-4/h5-12,15-16,18,29-31H,13-14H2,1-4H3/t18-,29-/m0/s1. The zero-order valence-corrected chi connectivity index (χ0v) is 20.9. The summed E-state index contributed by atoms with van der Waals surface area (Å²) in [5, 5.41) is 7.18. The van der Waals surface area contributed by atoms with Gasteiger partial charge in [-0.2, -0.15) is 0 Å². The second kappa shape index (κ2) is 9.85. The molecule has 0 amide bonds. The normalized spacial score (nSPS) is 18.7. The summed E-state index contributed by atoms with van der Waals surface area (Å²) >= 11 is 0. The molecule has 36 heavy (non-hydrogen) atoms. The first-order valence-corrected chi connectivity index (χ1v) is 11.9. The highest BCUT2D eigenvalue weighted by Crippen LogP contribution is 2.47. The monoisotopic (exact) mass is 486 g/mol. The maximum Gasteiger partial charge on any atom is 0.163 e. The molecule has 7 heteroatoms. The number of carbonyl (C=O) groups excluding carboxylic acids is 1. The van der Waals surface area contributed by atoms with Crippen molar-refractivity contribution in [3.05, 3.63) is 83.1 Å². The Kier molecular flexibility index (Phi) is 6.46. The Labute approximate surface area is 211 Å². The maximum absolute atomic E-state index is 13.9. The first kappa shape index (κ1) is 23.6. The predicted octanol–water partition coefficient (Wildman–Crippen LogP) is 5.70. The van der Waals surface area contributed by atoms with E-state index >= 15 is 0 Å². The lowest BCUT2D eigenvalue weighted by Crippen LogP contribution is -2.27. The molecule has 0 spiro atoms. The number of hydrogen-bond donors (Lipinski definition) is 2. The molecule has 5 rings (SSSR count). The molecule has 2 aliphatic rings. The molecule has 1 aliphatic carbocycles. The van der Waals surface area contributed by atoms with Crippen molar-refractivity contribution >= 4 is 17.2 Å². The number of carbonyl (C=O) groups is 1. The second-order valence-electron chi connectivity index (χ2n) is 8.89. The molecule has 0 fully saturated rings. The summed E-state index contributed by atoms with van der Waals surface area (Å²) in [5.74, 6) is 2.79. The van der Waals surface area contributed by atoms with Crippen LogP contribution in [-0.2, 0) is 4.79 Å². The van der Waals surface area contributed by atoms with E-state index in [4.69, 9.17) is 18.9 Å². The summed E-state index contributed by atoms with van der Waals surface area (Å²) in [6.45, 7) is 0. The van der Waals surface area contributed by atoms with Gasteiger partial charge in [0.2, 0.25) is 0 Å². The van der Waals surface area contributed by atoms with Crippen LogP contribution in [0.25, 0.3) is 0 Å². The second-order valence-corrected chi connectivity index (χ2v) is 8.89. The van der Waals surface area contributed by atoms with Crippen molar-refractivity contribution in [1.82, 2.24) is 0 Å². The van der Waals surface area contributed by atoms with Crippen LogP contribution in [0.2, 0.25) is 0 Å². The third-order valence-corrected chi connectivity index (χ3v) is 6.94. The van der Waals surface area contributed by atoms with Gasteiger partial charge in [0.05, 0.1) is 45.9 Å². The summed E-state index contributed by atoms with van der Waals surface area (Å²) in [6, 6.07) is 19.1. The number of allylic oxidation sites excluding steroid dienone is 1. The first-order valence-electron chi connectivity index (χ1n) is 11.9. The summed E-state index contributed by atoms with van der Waals surface area (Å²) < 4.78 is 22.1. The van der Waals surface area contributed by atoms with Crippen LogP contribution in [0.1, 0.15) is 35.9 Å². The number of hydrogen-bond acceptors (Lipinski definition) is 7. The quantitative estimate of drug-likeness (QED) is 0.463. The van der Waals surface area contributed by atoms with Crippen LogP contribution < -0.4 is 29.6 Å². The van der Waals surface area contributed by atoms with Gasteiger partial charge in [0, 0.05) is 23.3 Å². The number of nitrogens with one attached hydrogen (secondary N) is 2. The van der Waals surface area contributed by atoms with E-state index in [-0.39, 0.29) is 11.7 Å². The number of Topliss-reactive ketones (excluding diaryl/α,β-unsaturated/α-hetero) is 1. The summed E-state index contributed by atoms with van der Waals surface area (Å²) in [7, 11) is 6.51. The van der Waals surface area contributed by atoms with E-state index in [1.807, 2.05) is 60.7 Å². The highest BCUT2D eigenvalue weighted by molar-refractivity contribution is 6.01. The minimum absolute atomic E-state index is 0.00155. The van der Waals surface area contributed by atoms with Gasteiger partial charge in [-0.05, 0) is 60.4 Å². The zero-order valence-electron chi connectivity index (χ0n) is 20.9. The third-order valence-electron chi connectivity index (χ3n) is 6.94. The molecular weight excluding hydrogens is 456 g/mol. The van der Waals surface area contributed by atoms with Crippen LogP contribution in [-0.4, -0.2) is 34.2 Å². The number of anilines is 2. The molecule has 3 aromatic carbocycles. The van der Waals surface area contributed by atoms with E-state index in [1.54, 1.807) is 28.4 Å². The lowest BCUT2D eigenvalue weighted by molar-refractivity contribution is -0.116. The minimum Gasteiger partial charge on any atom is -0.497 e. The molecule has 7 nitrogen and oxygen atoms in total. The van der Waals surface area contributed by atoms with Crippen LogP contribution in [0, 0.1) is 0 Å². The number of benzene rings is 3. The van der Waals surface area contributed by atoms with Crippen LogP contribution in [0.4, 0.5) is 11.4 Å². The highest BCUT2D eigenvalue weighted by Gasteiger charge is 2.37. The minimum atomic E-state index is -0.403. The fraction of sp³-hybridized carbons (Fsp3) is 0.276. The molecule has 1 heterocycles. The molecule has 0 saturated carbocycles. The lowest BCUT2D eigenvalue weighted by Gasteiger charge is -2.30. The molecule has 0 radical (unpaired) electrons. The number of methoxy groups -OCH3 is 4. The van der Waals surface area contributed by atoms with Gasteiger partial charge in [0.25, 0.3) is 0 Å². The van der Waals surface area contributed by atoms with Crippen molar-refractivity contribution in [1.29, 1.82) is 0 Å². The molecule has 0 unspecified atom stereocenters. The molecule has 2 N–H and O–H groups in total. The average Bonchev–Trinajstić information content (AvgIpc) is 3.09. The van der Waals surface area contributed by atoms with E-state index in [0.717, 1.165) is 33.8 Å². The Morgan fingerprint density at radius 3 is 2.19 bits per heavy atom. The largest absolute Gasteiger partial charge is 0.497 e. The molecule has 186 valence electrons. The van der Waals surface area contributed by atoms with Crippen LogP contribution >= 0.6 is 0 Å². The molecule has 0 saturated heterocycles. The van der Waals surface area contributed by atoms with Gasteiger partial charge in [-0.3, -0.25) is 4.79 Å². The van der Waals surface area contributed by atoms with E-state index in [2.05, 4.69) is 10.6 Å². The zero-order chi connectivity index (χ0) is 25.2. The Hall–Kier alpha value is -4.13. The van der Waals surface area contributed by atoms with E-state index in [9.17, 15) is 4.79 Å². The van der Waals surface area contributed by atoms with E-state index < -0.39 is 6.04 Å². The molecule has 3 aromatic rings. The molecular formula is C29H30N2O5. The van der Waals surface area contributed by atoms with Gasteiger partial charge in [0.15, 0.2) is 17.3 Å². The first-order chi connectivity index (χ1) is 17.6. The molecule has 0 aromatic heterocycles. The fourth-order valence-electron chi connectivity index (χ4n) is 5.13. The maximum atomic E-state index is 13.9. The molecule has 0 bridgehead atoms. The van der Waals surface area contributed by atoms with Crippen molar-refractivity contribution in [2.75, 3.05) is 39.1 Å². The lowest BCUT2D eigenvalue weighted by atomic mass is 9.78. The van der Waals surface area contributed by atoms with Crippen molar-refractivity contribution in [2.24, 2.45) is 0 Å². The number of ether oxygens (including phenoxy) is 4. The van der Waals surface area contributed by atoms with E-state index in [0.29, 0.717) is 35.8 Å². The Morgan fingerprint density at radius 1 is 0.750 bits per heavy atom. The van der Waals surface area contributed by atoms with Gasteiger partial charge in [-0.15, -0.1) is 0 Å². The number of rotatable bonds is 6. The summed E-state index contributed by atoms with van der Waals surface area (Å²) in [4.78, 5) is 13.9. The Bertz CT molecular complexity index is 1330. The van der Waals surface area contributed by atoms with Crippen molar-refractivity contribution in [3.63, 3.8) is 0 Å². The average molecular weight is 487 g/mol. The third kappa shape index (κ3) is 4.21. The predicted molar refractivity (Wildman–Crippen MR) is 140 cm³/mol. The fourth-order valence-corrected chi connectivity index (χ4v) is 5.13. The van der Waals surface area contributed by atoms with Crippen molar-refractivity contribution in [2.45, 2.75) is 24.8 Å². The van der Waals surface area contributed by atoms with Gasteiger partial charge in [0.1, 0.15) is 11.5 Å². The summed E-state index contributed by atoms with van der Waals surface area (Å²) in [5.41, 5.74) is 5.34. The molecule has 2 atom stereocenters. The van der Waals surface area contributed by atoms with Gasteiger partial charge < -0.3 is 29.6 Å². The number of fused-ring (bicyclic) bond motifs is 1. The van der Waals surface area contributed by atoms with Gasteiger partial charge >= 0.3 is 0 Å². The van der Waals surface area contributed by atoms with Crippen LogP contribution in [0.5, 0.6) is 23.0 Å². The Morgan fingerprint density at radius 2 is 1.47 bits per heavy atom. The van der Waals surface area contributed by atoms with Crippen LogP contribution in [0.3, 0.4) is 0 Å². The molecule has 1 aliphatic heterocycles. The summed E-state index contributed by atoms with van der Waals surface area (Å²) in [6.07, 6.45) is 1.06. The smallest absolute Gasteiger partial charge is 0.163 e. The van der Waals surface area contributed by atoms with Crippen molar-refractivity contribution < 1.29 is 23.7 Å². The van der Waals surface area contributed by atoms with Crippen molar-refractivity contribution in [3.8, 4) is 23.0 Å². The topological polar surface area (TPSA) is 78.1 Å².